The third kappa shape index (κ3) is 5.45. The molecule has 2 N–H and O–H groups in total. The lowest BCUT2D eigenvalue weighted by Gasteiger charge is -2.09. The van der Waals surface area contributed by atoms with Gasteiger partial charge in [0.25, 0.3) is 10.0 Å². The maximum Gasteiger partial charge on any atom is 0.261 e. The zero-order valence-electron chi connectivity index (χ0n) is 16.8. The van der Waals surface area contributed by atoms with E-state index in [4.69, 9.17) is 16.3 Å². The highest BCUT2D eigenvalue weighted by Crippen LogP contribution is 2.35. The molecule has 0 bridgehead atoms. The molecule has 0 saturated heterocycles. The van der Waals surface area contributed by atoms with Gasteiger partial charge in [-0.25, -0.2) is 8.42 Å². The zero-order valence-corrected chi connectivity index (χ0v) is 18.4. The first-order valence-electron chi connectivity index (χ1n) is 9.18. The average Bonchev–Trinajstić information content (AvgIpc) is 2.74. The standard InChI is InChI=1S/C23H20ClNO5S/c1-15-3-10-19(11-4-15)31(28,29)25-18-8-6-17(7-9-18)21(26)12-5-16-13-20(24)23(27)22(14-16)30-2/h3-14,25,27H,1-2H3/b12-5+. The number of phenolic OH excluding ortho intramolecular Hbond substituents is 1. The number of phenols is 1. The maximum absolute atomic E-state index is 12.5. The second kappa shape index (κ2) is 9.24. The van der Waals surface area contributed by atoms with Crippen molar-refractivity contribution in [2.24, 2.45) is 0 Å². The van der Waals surface area contributed by atoms with Gasteiger partial charge in [-0.2, -0.15) is 0 Å². The molecule has 3 aromatic rings. The van der Waals surface area contributed by atoms with Crippen molar-refractivity contribution in [3.8, 4) is 11.5 Å². The van der Waals surface area contributed by atoms with Crippen LogP contribution in [0.4, 0.5) is 5.69 Å². The van der Waals surface area contributed by atoms with E-state index in [1.807, 2.05) is 6.92 Å². The van der Waals surface area contributed by atoms with E-state index in [-0.39, 0.29) is 27.2 Å². The second-order valence-corrected chi connectivity index (χ2v) is 8.84. The summed E-state index contributed by atoms with van der Waals surface area (Å²) >= 11 is 5.95. The summed E-state index contributed by atoms with van der Waals surface area (Å²) in [6, 6.07) is 15.7. The lowest BCUT2D eigenvalue weighted by Crippen LogP contribution is -2.13. The topological polar surface area (TPSA) is 92.7 Å². The molecule has 0 amide bonds. The van der Waals surface area contributed by atoms with Gasteiger partial charge in [-0.05, 0) is 67.1 Å². The molecule has 3 rings (SSSR count). The van der Waals surface area contributed by atoms with E-state index >= 15 is 0 Å². The van der Waals surface area contributed by atoms with E-state index in [0.29, 0.717) is 16.8 Å². The van der Waals surface area contributed by atoms with Crippen LogP contribution in [0.25, 0.3) is 6.08 Å². The van der Waals surface area contributed by atoms with Gasteiger partial charge in [-0.15, -0.1) is 0 Å². The largest absolute Gasteiger partial charge is 0.503 e. The number of rotatable bonds is 7. The van der Waals surface area contributed by atoms with Gasteiger partial charge in [0, 0.05) is 11.3 Å². The van der Waals surface area contributed by atoms with E-state index in [1.54, 1.807) is 24.3 Å². The monoisotopic (exact) mass is 457 g/mol. The fraction of sp³-hybridized carbons (Fsp3) is 0.0870. The van der Waals surface area contributed by atoms with Crippen LogP contribution >= 0.6 is 11.6 Å². The number of carbonyl (C=O) groups is 1. The number of carbonyl (C=O) groups excluding carboxylic acids is 1. The molecule has 0 fully saturated rings. The first-order chi connectivity index (χ1) is 14.7. The number of ether oxygens (including phenoxy) is 1. The lowest BCUT2D eigenvalue weighted by atomic mass is 10.1. The van der Waals surface area contributed by atoms with Crippen LogP contribution in [0.15, 0.2) is 71.6 Å². The van der Waals surface area contributed by atoms with Crippen molar-refractivity contribution in [2.45, 2.75) is 11.8 Å². The Bertz CT molecular complexity index is 1230. The highest BCUT2D eigenvalue weighted by Gasteiger charge is 2.14. The number of halogens is 1. The molecule has 3 aromatic carbocycles. The third-order valence-corrected chi connectivity index (χ3v) is 6.14. The van der Waals surface area contributed by atoms with Crippen molar-refractivity contribution >= 4 is 39.2 Å². The van der Waals surface area contributed by atoms with E-state index in [2.05, 4.69) is 4.72 Å². The van der Waals surface area contributed by atoms with Gasteiger partial charge in [0.05, 0.1) is 17.0 Å². The van der Waals surface area contributed by atoms with Gasteiger partial charge < -0.3 is 9.84 Å². The zero-order chi connectivity index (χ0) is 22.6. The molecule has 0 atom stereocenters. The first-order valence-corrected chi connectivity index (χ1v) is 11.0. The molecule has 0 unspecified atom stereocenters. The molecule has 0 saturated carbocycles. The summed E-state index contributed by atoms with van der Waals surface area (Å²) in [7, 11) is -2.32. The van der Waals surface area contributed by atoms with Crippen molar-refractivity contribution in [3.63, 3.8) is 0 Å². The Balaban J connectivity index is 1.72. The minimum atomic E-state index is -3.72. The Labute approximate surface area is 185 Å². The van der Waals surface area contributed by atoms with Crippen LogP contribution in [0.2, 0.25) is 5.02 Å². The van der Waals surface area contributed by atoms with E-state index in [1.165, 1.54) is 55.7 Å². The molecule has 160 valence electrons. The van der Waals surface area contributed by atoms with Gasteiger partial charge in [0.1, 0.15) is 0 Å². The van der Waals surface area contributed by atoms with Crippen LogP contribution < -0.4 is 9.46 Å². The van der Waals surface area contributed by atoms with Gasteiger partial charge in [-0.1, -0.05) is 35.4 Å². The molecular formula is C23H20ClNO5S. The number of aryl methyl sites for hydroxylation is 1. The SMILES string of the molecule is COc1cc(/C=C/C(=O)c2ccc(NS(=O)(=O)c3ccc(C)cc3)cc2)cc(Cl)c1O. The Kier molecular flexibility index (Phi) is 6.68. The molecule has 0 spiro atoms. The predicted molar refractivity (Wildman–Crippen MR) is 121 cm³/mol. The maximum atomic E-state index is 12.5. The minimum absolute atomic E-state index is 0.108. The van der Waals surface area contributed by atoms with Crippen molar-refractivity contribution in [1.29, 1.82) is 0 Å². The molecule has 0 radical (unpaired) electrons. The van der Waals surface area contributed by atoms with Crippen molar-refractivity contribution in [2.75, 3.05) is 11.8 Å². The fourth-order valence-corrected chi connectivity index (χ4v) is 4.03. The predicted octanol–water partition coefficient (Wildman–Crippen LogP) is 5.06. The molecular weight excluding hydrogens is 438 g/mol. The van der Waals surface area contributed by atoms with Gasteiger partial charge >= 0.3 is 0 Å². The molecule has 6 nitrogen and oxygen atoms in total. The van der Waals surface area contributed by atoms with Crippen molar-refractivity contribution < 1.29 is 23.1 Å². The molecule has 0 aliphatic carbocycles. The summed E-state index contributed by atoms with van der Waals surface area (Å²) in [6.07, 6.45) is 2.90. The van der Waals surface area contributed by atoms with E-state index < -0.39 is 10.0 Å². The molecule has 0 aliphatic rings. The van der Waals surface area contributed by atoms with Gasteiger partial charge in [0.15, 0.2) is 17.3 Å². The van der Waals surface area contributed by atoms with Crippen LogP contribution in [0.5, 0.6) is 11.5 Å². The van der Waals surface area contributed by atoms with Crippen LogP contribution in [0, 0.1) is 6.92 Å². The summed E-state index contributed by atoms with van der Waals surface area (Å²) in [6.45, 7) is 1.88. The summed E-state index contributed by atoms with van der Waals surface area (Å²) < 4.78 is 32.5. The molecule has 31 heavy (non-hydrogen) atoms. The van der Waals surface area contributed by atoms with E-state index in [0.717, 1.165) is 5.56 Å². The Hall–Kier alpha value is -3.29. The first kappa shape index (κ1) is 22.4. The number of sulfonamides is 1. The second-order valence-electron chi connectivity index (χ2n) is 6.75. The smallest absolute Gasteiger partial charge is 0.261 e. The minimum Gasteiger partial charge on any atom is -0.503 e. The highest BCUT2D eigenvalue weighted by atomic mass is 35.5. The number of allylic oxidation sites excluding steroid dienone is 1. The number of anilines is 1. The van der Waals surface area contributed by atoms with Gasteiger partial charge in [-0.3, -0.25) is 9.52 Å². The number of methoxy groups -OCH3 is 1. The van der Waals surface area contributed by atoms with E-state index in [9.17, 15) is 18.3 Å². The highest BCUT2D eigenvalue weighted by molar-refractivity contribution is 7.92. The number of nitrogens with one attached hydrogen (secondary N) is 1. The molecule has 0 aromatic heterocycles. The van der Waals surface area contributed by atoms with Crippen LogP contribution in [-0.2, 0) is 10.0 Å². The fourth-order valence-electron chi connectivity index (χ4n) is 2.75. The third-order valence-electron chi connectivity index (χ3n) is 4.45. The van der Waals surface area contributed by atoms with Crippen LogP contribution in [-0.4, -0.2) is 26.4 Å². The normalized spacial score (nSPS) is 11.5. The molecule has 8 heteroatoms. The van der Waals surface area contributed by atoms with Crippen molar-refractivity contribution in [1.82, 2.24) is 0 Å². The Morgan fingerprint density at radius 3 is 2.32 bits per heavy atom. The number of aromatic hydroxyl groups is 1. The Morgan fingerprint density at radius 1 is 1.06 bits per heavy atom. The average molecular weight is 458 g/mol. The molecule has 0 heterocycles. The lowest BCUT2D eigenvalue weighted by molar-refractivity contribution is 0.104. The molecule has 0 aliphatic heterocycles. The number of hydrogen-bond acceptors (Lipinski definition) is 5. The van der Waals surface area contributed by atoms with Crippen molar-refractivity contribution in [3.05, 3.63) is 88.5 Å². The summed E-state index contributed by atoms with van der Waals surface area (Å²) in [4.78, 5) is 12.6. The quantitative estimate of drug-likeness (QED) is 0.382. The van der Waals surface area contributed by atoms with Crippen LogP contribution in [0.3, 0.4) is 0 Å². The number of hydrogen-bond donors (Lipinski definition) is 2. The van der Waals surface area contributed by atoms with Crippen LogP contribution in [0.1, 0.15) is 21.5 Å². The number of benzene rings is 3. The summed E-state index contributed by atoms with van der Waals surface area (Å²) in [5, 5.41) is 9.88. The summed E-state index contributed by atoms with van der Waals surface area (Å²) in [5.74, 6) is -0.253. The number of ketones is 1. The Morgan fingerprint density at radius 2 is 1.71 bits per heavy atom. The van der Waals surface area contributed by atoms with Gasteiger partial charge in [0.2, 0.25) is 0 Å². The summed E-state index contributed by atoms with van der Waals surface area (Å²) in [5.41, 5.74) is 2.26.